The number of halogens is 1. The Bertz CT molecular complexity index is 1070. The smallest absolute Gasteiger partial charge is 0.258 e. The lowest BCUT2D eigenvalue weighted by atomic mass is 10.1. The van der Waals surface area contributed by atoms with Crippen molar-refractivity contribution in [3.63, 3.8) is 0 Å². The average Bonchev–Trinajstić information content (AvgIpc) is 2.69. The van der Waals surface area contributed by atoms with E-state index in [1.807, 2.05) is 42.5 Å². The van der Waals surface area contributed by atoms with E-state index >= 15 is 0 Å². The van der Waals surface area contributed by atoms with Gasteiger partial charge in [0.15, 0.2) is 5.82 Å². The number of aromatic nitrogens is 2. The number of hydrogen-bond donors (Lipinski definition) is 1. The first-order valence-electron chi connectivity index (χ1n) is 8.08. The molecule has 1 N–H and O–H groups in total. The van der Waals surface area contributed by atoms with Crippen LogP contribution in [0.3, 0.4) is 0 Å². The Labute approximate surface area is 149 Å². The Kier molecular flexibility index (Phi) is 4.11. The van der Waals surface area contributed by atoms with Crippen LogP contribution in [0.5, 0.6) is 0 Å². The molecule has 0 spiro atoms. The number of rotatable bonds is 3. The molecule has 126 valence electrons. The maximum atomic E-state index is 13.0. The second-order valence-corrected chi connectivity index (χ2v) is 5.78. The second-order valence-electron chi connectivity index (χ2n) is 5.78. The van der Waals surface area contributed by atoms with Crippen LogP contribution in [-0.4, -0.2) is 15.9 Å². The molecule has 0 unspecified atom stereocenters. The normalized spacial score (nSPS) is 10.7. The summed E-state index contributed by atoms with van der Waals surface area (Å²) in [5.41, 5.74) is 1.77. The van der Waals surface area contributed by atoms with Crippen LogP contribution in [0.4, 0.5) is 10.1 Å². The third-order valence-corrected chi connectivity index (χ3v) is 4.05. The van der Waals surface area contributed by atoms with Gasteiger partial charge in [0.25, 0.3) is 5.91 Å². The molecule has 26 heavy (non-hydrogen) atoms. The second kappa shape index (κ2) is 6.72. The van der Waals surface area contributed by atoms with Crippen molar-refractivity contribution >= 4 is 22.4 Å². The topological polar surface area (TPSA) is 54.9 Å². The number of amides is 1. The van der Waals surface area contributed by atoms with Gasteiger partial charge in [0.2, 0.25) is 0 Å². The predicted octanol–water partition coefficient (Wildman–Crippen LogP) is 4.69. The zero-order chi connectivity index (χ0) is 17.9. The van der Waals surface area contributed by atoms with Crippen LogP contribution < -0.4 is 5.32 Å². The third-order valence-electron chi connectivity index (χ3n) is 4.05. The molecule has 0 aliphatic heterocycles. The van der Waals surface area contributed by atoms with E-state index in [9.17, 15) is 9.18 Å². The third kappa shape index (κ3) is 3.15. The number of carbonyl (C=O) groups excluding carboxylic acids is 1. The summed E-state index contributed by atoms with van der Waals surface area (Å²) in [5.74, 6) is -0.168. The van der Waals surface area contributed by atoms with Crippen molar-refractivity contribution < 1.29 is 9.18 Å². The SMILES string of the molecule is O=C(Nc1cccc2ccccc12)c1cnc(-c2ccc(F)cc2)nc1. The molecule has 3 aromatic carbocycles. The minimum absolute atomic E-state index is 0.285. The molecular formula is C21H14FN3O. The largest absolute Gasteiger partial charge is 0.321 e. The lowest BCUT2D eigenvalue weighted by Crippen LogP contribution is -2.13. The molecule has 0 bridgehead atoms. The summed E-state index contributed by atoms with van der Waals surface area (Å²) in [6.07, 6.45) is 2.93. The van der Waals surface area contributed by atoms with Crippen LogP contribution in [0.15, 0.2) is 79.1 Å². The minimum atomic E-state index is -0.320. The number of benzene rings is 3. The summed E-state index contributed by atoms with van der Waals surface area (Å²) < 4.78 is 13.0. The van der Waals surface area contributed by atoms with Gasteiger partial charge >= 0.3 is 0 Å². The quantitative estimate of drug-likeness (QED) is 0.587. The van der Waals surface area contributed by atoms with Gasteiger partial charge in [-0.1, -0.05) is 36.4 Å². The molecule has 4 nitrogen and oxygen atoms in total. The van der Waals surface area contributed by atoms with E-state index in [0.717, 1.165) is 16.5 Å². The van der Waals surface area contributed by atoms with E-state index in [1.165, 1.54) is 24.5 Å². The molecule has 1 aromatic heterocycles. The van der Waals surface area contributed by atoms with Crippen molar-refractivity contribution in [2.24, 2.45) is 0 Å². The monoisotopic (exact) mass is 343 g/mol. The molecule has 0 fully saturated rings. The van der Waals surface area contributed by atoms with Gasteiger partial charge in [-0.3, -0.25) is 4.79 Å². The van der Waals surface area contributed by atoms with E-state index in [1.54, 1.807) is 12.1 Å². The fourth-order valence-corrected chi connectivity index (χ4v) is 2.72. The molecule has 0 atom stereocenters. The number of hydrogen-bond acceptors (Lipinski definition) is 3. The Balaban J connectivity index is 1.57. The summed E-state index contributed by atoms with van der Waals surface area (Å²) in [4.78, 5) is 20.9. The van der Waals surface area contributed by atoms with Gasteiger partial charge in [-0.25, -0.2) is 14.4 Å². The van der Waals surface area contributed by atoms with Crippen molar-refractivity contribution in [1.29, 1.82) is 0 Å². The molecule has 0 aliphatic carbocycles. The molecule has 0 saturated heterocycles. The summed E-state index contributed by atoms with van der Waals surface area (Å²) in [7, 11) is 0. The minimum Gasteiger partial charge on any atom is -0.321 e. The Morgan fingerprint density at radius 3 is 2.31 bits per heavy atom. The lowest BCUT2D eigenvalue weighted by Gasteiger charge is -2.09. The number of anilines is 1. The zero-order valence-corrected chi connectivity index (χ0v) is 13.7. The molecule has 1 amide bonds. The Hall–Kier alpha value is -3.60. The van der Waals surface area contributed by atoms with Crippen LogP contribution in [0.2, 0.25) is 0 Å². The number of fused-ring (bicyclic) bond motifs is 1. The van der Waals surface area contributed by atoms with Gasteiger partial charge in [0.1, 0.15) is 5.82 Å². The van der Waals surface area contributed by atoms with Crippen LogP contribution in [0.25, 0.3) is 22.2 Å². The summed E-state index contributed by atoms with van der Waals surface area (Å²) in [6, 6.07) is 19.5. The van der Waals surface area contributed by atoms with Crippen LogP contribution in [0.1, 0.15) is 10.4 Å². The number of nitrogens with one attached hydrogen (secondary N) is 1. The molecule has 0 saturated carbocycles. The van der Waals surface area contributed by atoms with Crippen molar-refractivity contribution in [2.75, 3.05) is 5.32 Å². The Morgan fingerprint density at radius 1 is 0.846 bits per heavy atom. The Morgan fingerprint density at radius 2 is 1.54 bits per heavy atom. The standard InChI is InChI=1S/C21H14FN3O/c22-17-10-8-15(9-11-17)20-23-12-16(13-24-20)21(26)25-19-7-3-5-14-4-1-2-6-18(14)19/h1-13H,(H,25,26). The summed E-state index contributed by atoms with van der Waals surface area (Å²) in [5, 5.41) is 4.91. The van der Waals surface area contributed by atoms with Gasteiger partial charge in [-0.05, 0) is 35.7 Å². The van der Waals surface area contributed by atoms with E-state index < -0.39 is 0 Å². The molecule has 5 heteroatoms. The number of carbonyl (C=O) groups is 1. The van der Waals surface area contributed by atoms with E-state index in [-0.39, 0.29) is 11.7 Å². The number of nitrogens with zero attached hydrogens (tertiary/aromatic N) is 2. The van der Waals surface area contributed by atoms with Gasteiger partial charge in [0, 0.05) is 29.0 Å². The first-order valence-corrected chi connectivity index (χ1v) is 8.08. The van der Waals surface area contributed by atoms with Crippen LogP contribution in [-0.2, 0) is 0 Å². The van der Waals surface area contributed by atoms with Crippen molar-refractivity contribution in [3.8, 4) is 11.4 Å². The maximum Gasteiger partial charge on any atom is 0.258 e. The highest BCUT2D eigenvalue weighted by Gasteiger charge is 2.10. The fourth-order valence-electron chi connectivity index (χ4n) is 2.72. The molecule has 4 aromatic rings. The fraction of sp³-hybridized carbons (Fsp3) is 0. The molecule has 0 radical (unpaired) electrons. The summed E-state index contributed by atoms with van der Waals surface area (Å²) >= 11 is 0. The van der Waals surface area contributed by atoms with E-state index in [0.29, 0.717) is 17.0 Å². The highest BCUT2D eigenvalue weighted by atomic mass is 19.1. The van der Waals surface area contributed by atoms with Crippen molar-refractivity contribution in [3.05, 3.63) is 90.5 Å². The van der Waals surface area contributed by atoms with E-state index in [2.05, 4.69) is 15.3 Å². The average molecular weight is 343 g/mol. The van der Waals surface area contributed by atoms with Crippen LogP contribution >= 0.6 is 0 Å². The maximum absolute atomic E-state index is 13.0. The zero-order valence-electron chi connectivity index (χ0n) is 13.7. The molecular weight excluding hydrogens is 329 g/mol. The predicted molar refractivity (Wildman–Crippen MR) is 99.3 cm³/mol. The first-order chi connectivity index (χ1) is 12.7. The van der Waals surface area contributed by atoms with Crippen molar-refractivity contribution in [2.45, 2.75) is 0 Å². The van der Waals surface area contributed by atoms with Gasteiger partial charge in [-0.2, -0.15) is 0 Å². The first kappa shape index (κ1) is 15.9. The summed E-state index contributed by atoms with van der Waals surface area (Å²) in [6.45, 7) is 0. The molecule has 4 rings (SSSR count). The van der Waals surface area contributed by atoms with E-state index in [4.69, 9.17) is 0 Å². The molecule has 0 aliphatic rings. The highest BCUT2D eigenvalue weighted by Crippen LogP contribution is 2.23. The lowest BCUT2D eigenvalue weighted by molar-refractivity contribution is 0.102. The molecule has 1 heterocycles. The van der Waals surface area contributed by atoms with Gasteiger partial charge in [-0.15, -0.1) is 0 Å². The van der Waals surface area contributed by atoms with Crippen LogP contribution in [0, 0.1) is 5.82 Å². The van der Waals surface area contributed by atoms with Gasteiger partial charge < -0.3 is 5.32 Å². The highest BCUT2D eigenvalue weighted by molar-refractivity contribution is 6.08. The van der Waals surface area contributed by atoms with Gasteiger partial charge in [0.05, 0.1) is 5.56 Å². The van der Waals surface area contributed by atoms with Crippen molar-refractivity contribution in [1.82, 2.24) is 9.97 Å².